The molecule has 2 N–H and O–H groups in total. The SMILES string of the molecule is CCCCC1(S(=O)(=O)N[C@H]2C[C@@H](CC)[C@@H](c3nnc4cnc5[nH]ccc5n34)C2)CC1. The lowest BCUT2D eigenvalue weighted by Crippen LogP contribution is -2.41. The fourth-order valence-corrected chi connectivity index (χ4v) is 7.20. The van der Waals surface area contributed by atoms with Crippen LogP contribution < -0.4 is 4.72 Å². The zero-order valence-corrected chi connectivity index (χ0v) is 18.5. The molecule has 30 heavy (non-hydrogen) atoms. The van der Waals surface area contributed by atoms with Gasteiger partial charge in [0, 0.05) is 18.2 Å². The summed E-state index contributed by atoms with van der Waals surface area (Å²) in [6, 6.07) is 1.95. The van der Waals surface area contributed by atoms with Crippen LogP contribution in [0, 0.1) is 5.92 Å². The molecule has 3 heterocycles. The van der Waals surface area contributed by atoms with Crippen molar-refractivity contribution in [3.05, 3.63) is 24.3 Å². The van der Waals surface area contributed by atoms with Gasteiger partial charge in [-0.05, 0) is 44.1 Å². The van der Waals surface area contributed by atoms with E-state index in [4.69, 9.17) is 0 Å². The largest absolute Gasteiger partial charge is 0.345 e. The average molecular weight is 431 g/mol. The lowest BCUT2D eigenvalue weighted by molar-refractivity contribution is 0.448. The van der Waals surface area contributed by atoms with E-state index >= 15 is 0 Å². The van der Waals surface area contributed by atoms with Gasteiger partial charge in [-0.1, -0.05) is 33.1 Å². The van der Waals surface area contributed by atoms with Crippen molar-refractivity contribution >= 4 is 26.8 Å². The zero-order chi connectivity index (χ0) is 20.9. The molecule has 0 spiro atoms. The van der Waals surface area contributed by atoms with Gasteiger partial charge in [-0.25, -0.2) is 18.1 Å². The summed E-state index contributed by atoms with van der Waals surface area (Å²) in [5.41, 5.74) is 2.49. The third kappa shape index (κ3) is 3.13. The third-order valence-corrected chi connectivity index (χ3v) is 9.60. The number of nitrogens with zero attached hydrogens (tertiary/aromatic N) is 4. The van der Waals surface area contributed by atoms with Gasteiger partial charge in [0.1, 0.15) is 5.82 Å². The Morgan fingerprint density at radius 1 is 1.27 bits per heavy atom. The van der Waals surface area contributed by atoms with Crippen molar-refractivity contribution in [1.82, 2.24) is 29.3 Å². The molecule has 9 heteroatoms. The molecule has 3 atom stereocenters. The average Bonchev–Trinajstić information content (AvgIpc) is 3.07. The molecule has 0 saturated heterocycles. The molecule has 5 rings (SSSR count). The van der Waals surface area contributed by atoms with Crippen LogP contribution in [0.5, 0.6) is 0 Å². The molecule has 0 aliphatic heterocycles. The molecule has 8 nitrogen and oxygen atoms in total. The molecule has 0 bridgehead atoms. The van der Waals surface area contributed by atoms with E-state index in [2.05, 4.69) is 43.1 Å². The second-order valence-corrected chi connectivity index (χ2v) is 11.2. The minimum atomic E-state index is -3.30. The quantitative estimate of drug-likeness (QED) is 0.569. The number of fused-ring (bicyclic) bond motifs is 3. The van der Waals surface area contributed by atoms with E-state index in [1.165, 1.54) is 0 Å². The molecule has 2 aliphatic rings. The van der Waals surface area contributed by atoms with E-state index < -0.39 is 14.8 Å². The van der Waals surface area contributed by atoms with Crippen LogP contribution >= 0.6 is 0 Å². The third-order valence-electron chi connectivity index (χ3n) is 7.20. The van der Waals surface area contributed by atoms with Crippen molar-refractivity contribution in [3.8, 4) is 0 Å². The lowest BCUT2D eigenvalue weighted by atomic mass is 9.93. The monoisotopic (exact) mass is 430 g/mol. The number of rotatable bonds is 8. The van der Waals surface area contributed by atoms with Crippen LogP contribution in [0.3, 0.4) is 0 Å². The number of sulfonamides is 1. The molecule has 3 aromatic rings. The van der Waals surface area contributed by atoms with Crippen molar-refractivity contribution in [2.75, 3.05) is 0 Å². The summed E-state index contributed by atoms with van der Waals surface area (Å²) in [5, 5.41) is 8.86. The summed E-state index contributed by atoms with van der Waals surface area (Å²) in [4.78, 5) is 7.55. The molecular weight excluding hydrogens is 400 g/mol. The van der Waals surface area contributed by atoms with Gasteiger partial charge in [-0.2, -0.15) is 0 Å². The molecular formula is C21H30N6O2S. The Labute approximate surface area is 176 Å². The number of H-pyrrole nitrogens is 1. The minimum absolute atomic E-state index is 0.0417. The first kappa shape index (κ1) is 19.9. The number of aromatic amines is 1. The van der Waals surface area contributed by atoms with Gasteiger partial charge in [0.15, 0.2) is 11.3 Å². The van der Waals surface area contributed by atoms with E-state index in [0.717, 1.165) is 74.0 Å². The van der Waals surface area contributed by atoms with Crippen LogP contribution in [0.15, 0.2) is 18.5 Å². The highest BCUT2D eigenvalue weighted by atomic mass is 32.2. The standard InChI is InChI=1S/C21H30N6O2S/c1-3-5-7-21(8-9-21)30(28,29)26-15-11-14(4-2)16(12-15)20-25-24-18-13-23-19-17(27(18)20)6-10-22-19/h6,10,13-16,22,26H,3-5,7-9,11-12H2,1-2H3/t14-,15+,16+/m1/s1. The van der Waals surface area contributed by atoms with Crippen LogP contribution in [-0.4, -0.2) is 43.8 Å². The highest BCUT2D eigenvalue weighted by Gasteiger charge is 2.54. The molecule has 0 radical (unpaired) electrons. The van der Waals surface area contributed by atoms with Crippen LogP contribution in [-0.2, 0) is 10.0 Å². The van der Waals surface area contributed by atoms with Crippen molar-refractivity contribution in [3.63, 3.8) is 0 Å². The Kier molecular flexibility index (Phi) is 4.85. The molecule has 2 saturated carbocycles. The molecule has 0 amide bonds. The maximum absolute atomic E-state index is 13.2. The van der Waals surface area contributed by atoms with Crippen molar-refractivity contribution in [1.29, 1.82) is 0 Å². The number of hydrogen-bond donors (Lipinski definition) is 2. The van der Waals surface area contributed by atoms with E-state index in [1.807, 2.05) is 12.3 Å². The summed E-state index contributed by atoms with van der Waals surface area (Å²) >= 11 is 0. The van der Waals surface area contributed by atoms with Gasteiger partial charge in [-0.15, -0.1) is 10.2 Å². The van der Waals surface area contributed by atoms with Gasteiger partial charge in [-0.3, -0.25) is 4.40 Å². The summed E-state index contributed by atoms with van der Waals surface area (Å²) < 4.78 is 31.0. The highest BCUT2D eigenvalue weighted by molar-refractivity contribution is 7.91. The molecule has 3 aromatic heterocycles. The van der Waals surface area contributed by atoms with Gasteiger partial charge in [0.05, 0.1) is 16.5 Å². The maximum atomic E-state index is 13.2. The fourth-order valence-electron chi connectivity index (χ4n) is 5.26. The second-order valence-electron chi connectivity index (χ2n) is 9.07. The van der Waals surface area contributed by atoms with Crippen LogP contribution in [0.2, 0.25) is 0 Å². The van der Waals surface area contributed by atoms with E-state index in [1.54, 1.807) is 6.20 Å². The van der Waals surface area contributed by atoms with Gasteiger partial charge in [0.2, 0.25) is 10.0 Å². The lowest BCUT2D eigenvalue weighted by Gasteiger charge is -2.20. The Bertz CT molecular complexity index is 1160. The van der Waals surface area contributed by atoms with Gasteiger partial charge < -0.3 is 4.98 Å². The number of nitrogens with one attached hydrogen (secondary N) is 2. The van der Waals surface area contributed by atoms with Crippen molar-refractivity contribution < 1.29 is 8.42 Å². The predicted octanol–water partition coefficient (Wildman–Crippen LogP) is 3.52. The molecule has 2 fully saturated rings. The van der Waals surface area contributed by atoms with Crippen LogP contribution in [0.4, 0.5) is 0 Å². The highest BCUT2D eigenvalue weighted by Crippen LogP contribution is 2.48. The summed E-state index contributed by atoms with van der Waals surface area (Å²) in [5.74, 6) is 1.46. The van der Waals surface area contributed by atoms with Crippen LogP contribution in [0.1, 0.15) is 77.0 Å². The normalized spacial score (nSPS) is 26.0. The smallest absolute Gasteiger partial charge is 0.217 e. The van der Waals surface area contributed by atoms with E-state index in [-0.39, 0.29) is 12.0 Å². The number of hydrogen-bond acceptors (Lipinski definition) is 5. The fraction of sp³-hybridized carbons (Fsp3) is 0.667. The van der Waals surface area contributed by atoms with Crippen molar-refractivity contribution in [2.24, 2.45) is 5.92 Å². The Hall–Kier alpha value is -2.00. The van der Waals surface area contributed by atoms with Crippen LogP contribution in [0.25, 0.3) is 16.8 Å². The molecule has 162 valence electrons. The second kappa shape index (κ2) is 7.30. The van der Waals surface area contributed by atoms with Gasteiger partial charge >= 0.3 is 0 Å². The number of aromatic nitrogens is 5. The Morgan fingerprint density at radius 2 is 2.10 bits per heavy atom. The van der Waals surface area contributed by atoms with Gasteiger partial charge in [0.25, 0.3) is 0 Å². The molecule has 0 aromatic carbocycles. The number of unbranched alkanes of at least 4 members (excludes halogenated alkanes) is 1. The van der Waals surface area contributed by atoms with E-state index in [9.17, 15) is 8.42 Å². The first-order valence-corrected chi connectivity index (χ1v) is 12.7. The minimum Gasteiger partial charge on any atom is -0.345 e. The molecule has 2 aliphatic carbocycles. The summed E-state index contributed by atoms with van der Waals surface area (Å²) in [6.45, 7) is 4.29. The first-order chi connectivity index (χ1) is 14.5. The zero-order valence-electron chi connectivity index (χ0n) is 17.6. The summed E-state index contributed by atoms with van der Waals surface area (Å²) in [6.07, 6.45) is 10.6. The first-order valence-electron chi connectivity index (χ1n) is 11.2. The van der Waals surface area contributed by atoms with E-state index in [0.29, 0.717) is 5.92 Å². The van der Waals surface area contributed by atoms with Crippen molar-refractivity contribution in [2.45, 2.75) is 81.9 Å². The molecule has 0 unspecified atom stereocenters. The Balaban J connectivity index is 1.42. The predicted molar refractivity (Wildman–Crippen MR) is 116 cm³/mol. The maximum Gasteiger partial charge on any atom is 0.217 e. The topological polar surface area (TPSA) is 105 Å². The summed E-state index contributed by atoms with van der Waals surface area (Å²) in [7, 11) is -3.30. The Morgan fingerprint density at radius 3 is 2.83 bits per heavy atom.